The zero-order chi connectivity index (χ0) is 15.0. The Morgan fingerprint density at radius 3 is 2.95 bits per heavy atom. The third kappa shape index (κ3) is 2.53. The molecule has 108 valence electrons. The molecule has 0 saturated heterocycles. The highest BCUT2D eigenvalue weighted by Gasteiger charge is 2.15. The van der Waals surface area contributed by atoms with Crippen LogP contribution >= 0.6 is 27.3 Å². The summed E-state index contributed by atoms with van der Waals surface area (Å²) < 4.78 is 14.8. The molecule has 3 aromatic rings. The van der Waals surface area contributed by atoms with Crippen molar-refractivity contribution in [3.63, 3.8) is 0 Å². The third-order valence-electron chi connectivity index (χ3n) is 3.30. The molecule has 0 radical (unpaired) electrons. The van der Waals surface area contributed by atoms with E-state index in [1.54, 1.807) is 0 Å². The van der Waals surface area contributed by atoms with Crippen LogP contribution in [0.3, 0.4) is 0 Å². The number of hydrogen-bond donors (Lipinski definition) is 0. The second kappa shape index (κ2) is 5.69. The van der Waals surface area contributed by atoms with Gasteiger partial charge in [0, 0.05) is 15.4 Å². The monoisotopic (exact) mass is 366 g/mol. The van der Waals surface area contributed by atoms with Gasteiger partial charge in [0.1, 0.15) is 11.5 Å². The molecule has 0 saturated carbocycles. The minimum Gasteiger partial charge on any atom is -0.296 e. The van der Waals surface area contributed by atoms with Gasteiger partial charge in [-0.15, -0.1) is 11.3 Å². The van der Waals surface area contributed by atoms with Crippen LogP contribution in [0, 0.1) is 6.92 Å². The molecule has 21 heavy (non-hydrogen) atoms. The molecular weight excluding hydrogens is 355 g/mol. The fourth-order valence-electron chi connectivity index (χ4n) is 2.26. The van der Waals surface area contributed by atoms with E-state index in [9.17, 15) is 9.18 Å². The Hall–Kier alpha value is -1.53. The third-order valence-corrected chi connectivity index (χ3v) is 4.88. The molecule has 0 spiro atoms. The molecule has 2 heterocycles. The van der Waals surface area contributed by atoms with Crippen molar-refractivity contribution in [2.24, 2.45) is 0 Å². The molecule has 0 aliphatic rings. The summed E-state index contributed by atoms with van der Waals surface area (Å²) in [5.41, 5.74) is 2.72. The van der Waals surface area contributed by atoms with E-state index in [1.165, 1.54) is 22.2 Å². The molecule has 3 nitrogen and oxygen atoms in total. The zero-order valence-corrected chi connectivity index (χ0v) is 13.7. The number of aromatic nitrogens is 2. The summed E-state index contributed by atoms with van der Waals surface area (Å²) in [4.78, 5) is 17.5. The van der Waals surface area contributed by atoms with Crippen molar-refractivity contribution < 1.29 is 4.39 Å². The number of nitrogens with zero attached hydrogens (tertiary/aromatic N) is 2. The Morgan fingerprint density at radius 2 is 2.19 bits per heavy atom. The summed E-state index contributed by atoms with van der Waals surface area (Å²) in [6, 6.07) is 5.99. The van der Waals surface area contributed by atoms with E-state index < -0.39 is 6.67 Å². The van der Waals surface area contributed by atoms with Crippen LogP contribution < -0.4 is 5.56 Å². The first-order chi connectivity index (χ1) is 10.1. The molecule has 0 amide bonds. The maximum Gasteiger partial charge on any atom is 0.262 e. The number of halogens is 2. The Balaban J connectivity index is 2.31. The fourth-order valence-corrected chi connectivity index (χ4v) is 3.62. The first-order valence-electron chi connectivity index (χ1n) is 6.41. The molecule has 1 aromatic carbocycles. The topological polar surface area (TPSA) is 34.9 Å². The van der Waals surface area contributed by atoms with Gasteiger partial charge < -0.3 is 0 Å². The number of aryl methyl sites for hydroxylation is 2. The Morgan fingerprint density at radius 1 is 1.38 bits per heavy atom. The predicted octanol–water partition coefficient (Wildman–Crippen LogP) is 4.17. The summed E-state index contributed by atoms with van der Waals surface area (Å²) in [7, 11) is 0. The van der Waals surface area contributed by atoms with Crippen molar-refractivity contribution in [3.05, 3.63) is 50.3 Å². The second-order valence-electron chi connectivity index (χ2n) is 4.74. The largest absolute Gasteiger partial charge is 0.296 e. The molecule has 0 bridgehead atoms. The van der Waals surface area contributed by atoms with Crippen LogP contribution in [0.4, 0.5) is 4.39 Å². The van der Waals surface area contributed by atoms with E-state index in [0.29, 0.717) is 10.2 Å². The van der Waals surface area contributed by atoms with Crippen molar-refractivity contribution >= 4 is 37.5 Å². The Bertz CT molecular complexity index is 872. The minimum absolute atomic E-state index is 0.0338. The first kappa shape index (κ1) is 14.4. The Kier molecular flexibility index (Phi) is 3.91. The summed E-state index contributed by atoms with van der Waals surface area (Å²) in [5, 5.41) is 2.49. The molecule has 2 aromatic heterocycles. The molecule has 0 N–H and O–H groups in total. The van der Waals surface area contributed by atoms with Gasteiger partial charge in [-0.3, -0.25) is 9.36 Å². The SMILES string of the molecule is Cc1ccc(Br)c(-c2csc3ncn(CCF)c(=O)c23)c1. The van der Waals surface area contributed by atoms with Gasteiger partial charge >= 0.3 is 0 Å². The number of hydrogen-bond acceptors (Lipinski definition) is 3. The standard InChI is InChI=1S/C15H12BrFN2OS/c1-9-2-3-12(16)10(6-9)11-7-21-14-13(11)15(20)19(5-4-17)8-18-14/h2-3,6-8H,4-5H2,1H3. The van der Waals surface area contributed by atoms with Crippen molar-refractivity contribution in [1.82, 2.24) is 9.55 Å². The molecule has 0 fully saturated rings. The lowest BCUT2D eigenvalue weighted by molar-refractivity contribution is 0.439. The van der Waals surface area contributed by atoms with Crippen LogP contribution in [0.5, 0.6) is 0 Å². The van der Waals surface area contributed by atoms with Crippen LogP contribution in [0.2, 0.25) is 0 Å². The first-order valence-corrected chi connectivity index (χ1v) is 8.08. The summed E-state index contributed by atoms with van der Waals surface area (Å²) >= 11 is 4.95. The van der Waals surface area contributed by atoms with Gasteiger partial charge in [-0.1, -0.05) is 33.6 Å². The Labute approximate surface area is 133 Å². The molecule has 0 aliphatic carbocycles. The van der Waals surface area contributed by atoms with Crippen molar-refractivity contribution in [2.75, 3.05) is 6.67 Å². The van der Waals surface area contributed by atoms with Gasteiger partial charge in [-0.2, -0.15) is 0 Å². The van der Waals surface area contributed by atoms with Gasteiger partial charge in [-0.25, -0.2) is 9.37 Å². The smallest absolute Gasteiger partial charge is 0.262 e. The maximum absolute atomic E-state index is 12.5. The number of rotatable bonds is 3. The molecule has 0 unspecified atom stereocenters. The van der Waals surface area contributed by atoms with Gasteiger partial charge in [-0.05, 0) is 18.6 Å². The van der Waals surface area contributed by atoms with Crippen LogP contribution in [0.1, 0.15) is 5.56 Å². The van der Waals surface area contributed by atoms with Crippen LogP contribution in [-0.4, -0.2) is 16.2 Å². The lowest BCUT2D eigenvalue weighted by Gasteiger charge is -2.06. The zero-order valence-electron chi connectivity index (χ0n) is 11.3. The van der Waals surface area contributed by atoms with Crippen molar-refractivity contribution in [3.8, 4) is 11.1 Å². The van der Waals surface area contributed by atoms with Crippen molar-refractivity contribution in [2.45, 2.75) is 13.5 Å². The van der Waals surface area contributed by atoms with Crippen LogP contribution in [0.15, 0.2) is 39.2 Å². The number of fused-ring (bicyclic) bond motifs is 1. The lowest BCUT2D eigenvalue weighted by Crippen LogP contribution is -2.21. The summed E-state index contributed by atoms with van der Waals surface area (Å²) in [6.07, 6.45) is 1.41. The van der Waals surface area contributed by atoms with Gasteiger partial charge in [0.15, 0.2) is 0 Å². The minimum atomic E-state index is -0.583. The molecule has 6 heteroatoms. The van der Waals surface area contributed by atoms with E-state index in [0.717, 1.165) is 21.2 Å². The van der Waals surface area contributed by atoms with E-state index >= 15 is 0 Å². The van der Waals surface area contributed by atoms with E-state index in [2.05, 4.69) is 20.9 Å². The summed E-state index contributed by atoms with van der Waals surface area (Å²) in [5.74, 6) is 0. The highest BCUT2D eigenvalue weighted by Crippen LogP contribution is 2.35. The highest BCUT2D eigenvalue weighted by molar-refractivity contribution is 9.10. The van der Waals surface area contributed by atoms with Gasteiger partial charge in [0.05, 0.1) is 18.3 Å². The molecular formula is C15H12BrFN2OS. The average molecular weight is 367 g/mol. The quantitative estimate of drug-likeness (QED) is 0.697. The molecule has 0 atom stereocenters. The number of alkyl halides is 1. The van der Waals surface area contributed by atoms with E-state index in [1.807, 2.05) is 30.5 Å². The normalized spacial score (nSPS) is 11.2. The molecule has 3 rings (SSSR count). The van der Waals surface area contributed by atoms with E-state index in [4.69, 9.17) is 0 Å². The average Bonchev–Trinajstić information content (AvgIpc) is 2.89. The summed E-state index contributed by atoms with van der Waals surface area (Å²) in [6.45, 7) is 1.46. The van der Waals surface area contributed by atoms with Crippen LogP contribution in [0.25, 0.3) is 21.3 Å². The van der Waals surface area contributed by atoms with Crippen LogP contribution in [-0.2, 0) is 6.54 Å². The highest BCUT2D eigenvalue weighted by atomic mass is 79.9. The van der Waals surface area contributed by atoms with Gasteiger partial charge in [0.25, 0.3) is 5.56 Å². The number of thiophene rings is 1. The predicted molar refractivity (Wildman–Crippen MR) is 87.7 cm³/mol. The van der Waals surface area contributed by atoms with Gasteiger partial charge in [0.2, 0.25) is 0 Å². The fraction of sp³-hybridized carbons (Fsp3) is 0.200. The molecule has 0 aliphatic heterocycles. The van der Waals surface area contributed by atoms with Crippen molar-refractivity contribution in [1.29, 1.82) is 0 Å². The van der Waals surface area contributed by atoms with E-state index in [-0.39, 0.29) is 12.1 Å². The maximum atomic E-state index is 12.5. The number of benzene rings is 1. The lowest BCUT2D eigenvalue weighted by atomic mass is 10.0. The second-order valence-corrected chi connectivity index (χ2v) is 6.46.